The minimum atomic E-state index is -0.304. The van der Waals surface area contributed by atoms with E-state index in [-0.39, 0.29) is 12.3 Å². The van der Waals surface area contributed by atoms with Gasteiger partial charge in [-0.15, -0.1) is 0 Å². The number of hydrogen-bond donors (Lipinski definition) is 2. The van der Waals surface area contributed by atoms with Crippen LogP contribution in [-0.2, 0) is 14.2 Å². The van der Waals surface area contributed by atoms with Crippen LogP contribution < -0.4 is 11.3 Å². The molecule has 5 heteroatoms. The van der Waals surface area contributed by atoms with E-state index in [1.165, 1.54) is 0 Å². The lowest BCUT2D eigenvalue weighted by Gasteiger charge is -2.23. The molecule has 0 aromatic heterocycles. The van der Waals surface area contributed by atoms with Gasteiger partial charge in [0.05, 0.1) is 6.04 Å². The van der Waals surface area contributed by atoms with Gasteiger partial charge in [0.15, 0.2) is 6.29 Å². The second-order valence-corrected chi connectivity index (χ2v) is 2.75. The molecule has 0 amide bonds. The van der Waals surface area contributed by atoms with Crippen LogP contribution in [0.25, 0.3) is 0 Å². The lowest BCUT2D eigenvalue weighted by Crippen LogP contribution is -2.45. The van der Waals surface area contributed by atoms with Gasteiger partial charge in [-0.25, -0.2) is 0 Å². The van der Waals surface area contributed by atoms with Crippen LogP contribution in [0.15, 0.2) is 0 Å². The molecule has 80 valence electrons. The molecule has 0 aliphatic heterocycles. The van der Waals surface area contributed by atoms with E-state index in [1.807, 2.05) is 0 Å². The summed E-state index contributed by atoms with van der Waals surface area (Å²) >= 11 is 0. The topological polar surface area (TPSA) is 65.7 Å². The summed E-state index contributed by atoms with van der Waals surface area (Å²) in [7, 11) is 4.86. The Kier molecular flexibility index (Phi) is 8.27. The smallest absolute Gasteiger partial charge is 0.173 e. The molecule has 0 aromatic rings. The number of ether oxygens (including phenoxy) is 3. The van der Waals surface area contributed by atoms with Crippen molar-refractivity contribution < 1.29 is 14.2 Å². The van der Waals surface area contributed by atoms with Gasteiger partial charge < -0.3 is 14.2 Å². The third-order valence-electron chi connectivity index (χ3n) is 1.87. The molecule has 0 aromatic carbocycles. The van der Waals surface area contributed by atoms with E-state index in [9.17, 15) is 0 Å². The molecule has 0 spiro atoms. The Hall–Kier alpha value is -0.200. The summed E-state index contributed by atoms with van der Waals surface area (Å²) in [6.07, 6.45) is 1.48. The van der Waals surface area contributed by atoms with Crippen LogP contribution >= 0.6 is 0 Å². The number of nitrogens with two attached hydrogens (primary N) is 1. The first-order valence-corrected chi connectivity index (χ1v) is 4.30. The van der Waals surface area contributed by atoms with Crippen LogP contribution in [0.5, 0.6) is 0 Å². The van der Waals surface area contributed by atoms with E-state index in [1.54, 1.807) is 21.3 Å². The monoisotopic (exact) mass is 192 g/mol. The number of rotatable bonds is 8. The third-order valence-corrected chi connectivity index (χ3v) is 1.87. The average molecular weight is 192 g/mol. The zero-order valence-corrected chi connectivity index (χ0v) is 8.58. The molecular formula is C8H20N2O3. The molecule has 13 heavy (non-hydrogen) atoms. The van der Waals surface area contributed by atoms with Gasteiger partial charge in [0.25, 0.3) is 0 Å². The van der Waals surface area contributed by atoms with E-state index in [2.05, 4.69) is 5.43 Å². The molecule has 0 radical (unpaired) electrons. The molecule has 0 rings (SSSR count). The van der Waals surface area contributed by atoms with Crippen molar-refractivity contribution in [3.05, 3.63) is 0 Å². The predicted molar refractivity (Wildman–Crippen MR) is 50.0 cm³/mol. The van der Waals surface area contributed by atoms with Crippen LogP contribution in [0, 0.1) is 0 Å². The first-order valence-electron chi connectivity index (χ1n) is 4.30. The number of nitrogens with one attached hydrogen (secondary N) is 1. The Morgan fingerprint density at radius 2 is 1.85 bits per heavy atom. The van der Waals surface area contributed by atoms with Gasteiger partial charge in [0.2, 0.25) is 0 Å². The van der Waals surface area contributed by atoms with Crippen LogP contribution in [0.4, 0.5) is 0 Å². The minimum absolute atomic E-state index is 0.00477. The highest BCUT2D eigenvalue weighted by atomic mass is 16.7. The fourth-order valence-electron chi connectivity index (χ4n) is 1.17. The average Bonchev–Trinajstić information content (AvgIpc) is 2.17. The maximum absolute atomic E-state index is 5.36. The lowest BCUT2D eigenvalue weighted by molar-refractivity contribution is -0.124. The summed E-state index contributed by atoms with van der Waals surface area (Å²) in [6, 6.07) is 0.00477. The molecule has 1 unspecified atom stereocenters. The van der Waals surface area contributed by atoms with Crippen molar-refractivity contribution in [3.8, 4) is 0 Å². The van der Waals surface area contributed by atoms with Crippen LogP contribution in [-0.4, -0.2) is 40.3 Å². The van der Waals surface area contributed by atoms with Crippen LogP contribution in [0.1, 0.15) is 12.8 Å². The van der Waals surface area contributed by atoms with E-state index in [4.69, 9.17) is 20.1 Å². The summed E-state index contributed by atoms with van der Waals surface area (Å²) in [4.78, 5) is 0. The summed E-state index contributed by atoms with van der Waals surface area (Å²) in [5.41, 5.74) is 2.66. The molecule has 3 N–H and O–H groups in total. The molecule has 0 saturated heterocycles. The Labute approximate surface area is 79.5 Å². The molecule has 5 nitrogen and oxygen atoms in total. The molecule has 0 bridgehead atoms. The van der Waals surface area contributed by atoms with Crippen molar-refractivity contribution in [2.24, 2.45) is 5.84 Å². The van der Waals surface area contributed by atoms with Gasteiger partial charge in [-0.05, 0) is 12.8 Å². The van der Waals surface area contributed by atoms with Gasteiger partial charge in [-0.3, -0.25) is 11.3 Å². The highest BCUT2D eigenvalue weighted by Crippen LogP contribution is 2.05. The van der Waals surface area contributed by atoms with Gasteiger partial charge in [-0.2, -0.15) is 0 Å². The van der Waals surface area contributed by atoms with Crippen LogP contribution in [0.2, 0.25) is 0 Å². The summed E-state index contributed by atoms with van der Waals surface area (Å²) in [5.74, 6) is 5.36. The van der Waals surface area contributed by atoms with E-state index < -0.39 is 0 Å². The molecule has 0 aliphatic rings. The first kappa shape index (κ1) is 12.8. The standard InChI is InChI=1S/C8H20N2O3/c1-11-6-4-5-7(10-9)8(12-2)13-3/h7-8,10H,4-6,9H2,1-3H3. The largest absolute Gasteiger partial charge is 0.385 e. The van der Waals surface area contributed by atoms with E-state index >= 15 is 0 Å². The van der Waals surface area contributed by atoms with Gasteiger partial charge in [-0.1, -0.05) is 0 Å². The second kappa shape index (κ2) is 8.40. The highest BCUT2D eigenvalue weighted by molar-refractivity contribution is 4.67. The fraction of sp³-hybridized carbons (Fsp3) is 1.00. The van der Waals surface area contributed by atoms with Gasteiger partial charge in [0.1, 0.15) is 0 Å². The van der Waals surface area contributed by atoms with Gasteiger partial charge in [0, 0.05) is 27.9 Å². The minimum Gasteiger partial charge on any atom is -0.385 e. The predicted octanol–water partition coefficient (Wildman–Crippen LogP) is -0.136. The van der Waals surface area contributed by atoms with Crippen LogP contribution in [0.3, 0.4) is 0 Å². The molecule has 1 atom stereocenters. The van der Waals surface area contributed by atoms with Crippen molar-refractivity contribution in [1.82, 2.24) is 5.43 Å². The first-order chi connectivity index (χ1) is 6.29. The van der Waals surface area contributed by atoms with Crippen molar-refractivity contribution in [1.29, 1.82) is 0 Å². The quantitative estimate of drug-likeness (QED) is 0.242. The maximum Gasteiger partial charge on any atom is 0.173 e. The summed E-state index contributed by atoms with van der Waals surface area (Å²) < 4.78 is 15.1. The summed E-state index contributed by atoms with van der Waals surface area (Å²) in [6.45, 7) is 0.721. The van der Waals surface area contributed by atoms with Gasteiger partial charge >= 0.3 is 0 Å². The molecule has 0 saturated carbocycles. The van der Waals surface area contributed by atoms with Crippen molar-refractivity contribution in [2.75, 3.05) is 27.9 Å². The molecule has 0 fully saturated rings. The fourth-order valence-corrected chi connectivity index (χ4v) is 1.17. The second-order valence-electron chi connectivity index (χ2n) is 2.75. The maximum atomic E-state index is 5.36. The van der Waals surface area contributed by atoms with Crippen molar-refractivity contribution >= 4 is 0 Å². The SMILES string of the molecule is COCCCC(NN)C(OC)OC. The zero-order chi connectivity index (χ0) is 10.1. The zero-order valence-electron chi connectivity index (χ0n) is 8.58. The molecular weight excluding hydrogens is 172 g/mol. The highest BCUT2D eigenvalue weighted by Gasteiger charge is 2.18. The lowest BCUT2D eigenvalue weighted by atomic mass is 10.1. The summed E-state index contributed by atoms with van der Waals surface area (Å²) in [5, 5.41) is 0. The van der Waals surface area contributed by atoms with Crippen molar-refractivity contribution in [3.63, 3.8) is 0 Å². The van der Waals surface area contributed by atoms with E-state index in [0.717, 1.165) is 19.4 Å². The Bertz CT molecular complexity index is 110. The molecule has 0 aliphatic carbocycles. The van der Waals surface area contributed by atoms with E-state index in [0.29, 0.717) is 0 Å². The Morgan fingerprint density at radius 1 is 1.23 bits per heavy atom. The Balaban J connectivity index is 3.71. The number of methoxy groups -OCH3 is 3. The third kappa shape index (κ3) is 5.17. The Morgan fingerprint density at radius 3 is 2.23 bits per heavy atom. The number of hydrazine groups is 1. The normalized spacial score (nSPS) is 13.6. The number of hydrogen-bond acceptors (Lipinski definition) is 5. The van der Waals surface area contributed by atoms with Crippen molar-refractivity contribution in [2.45, 2.75) is 25.2 Å². The molecule has 0 heterocycles.